The van der Waals surface area contributed by atoms with E-state index in [9.17, 15) is 9.59 Å². The van der Waals surface area contributed by atoms with E-state index < -0.39 is 0 Å². The minimum absolute atomic E-state index is 0.174. The Morgan fingerprint density at radius 2 is 1.72 bits per heavy atom. The van der Waals surface area contributed by atoms with Crippen LogP contribution in [0, 0.1) is 0 Å². The smallest absolute Gasteiger partial charge is 0.321 e. The first-order chi connectivity index (χ1) is 14.0. The maximum absolute atomic E-state index is 12.5. The van der Waals surface area contributed by atoms with Gasteiger partial charge in [0.25, 0.3) is 5.91 Å². The van der Waals surface area contributed by atoms with Crippen molar-refractivity contribution in [2.45, 2.75) is 57.7 Å². The number of piperazine rings is 1. The Hall–Kier alpha value is -2.12. The molecule has 1 heterocycles. The average molecular weight is 405 g/mol. The highest BCUT2D eigenvalue weighted by atomic mass is 16.5. The Balaban J connectivity index is 1.39. The summed E-state index contributed by atoms with van der Waals surface area (Å²) in [6, 6.07) is 7.90. The summed E-state index contributed by atoms with van der Waals surface area (Å²) in [5, 5.41) is 5.51. The number of quaternary nitrogens is 2. The molecule has 3 amide bonds. The number of carbonyl (C=O) groups is 2. The predicted molar refractivity (Wildman–Crippen MR) is 111 cm³/mol. The van der Waals surface area contributed by atoms with Crippen LogP contribution in [0.15, 0.2) is 24.3 Å². The van der Waals surface area contributed by atoms with E-state index in [4.69, 9.17) is 4.74 Å². The Bertz CT molecular complexity index is 665. The SMILES string of the molecule is COc1ccc(C[NH+]2CC[NH+]([C@H](C)C(=O)NC(=O)NC3CCCCC3)CC2)cc1. The molecule has 1 saturated carbocycles. The van der Waals surface area contributed by atoms with Crippen LogP contribution >= 0.6 is 0 Å². The van der Waals surface area contributed by atoms with Crippen molar-refractivity contribution in [3.8, 4) is 5.75 Å². The van der Waals surface area contributed by atoms with Gasteiger partial charge in [0, 0.05) is 11.6 Å². The van der Waals surface area contributed by atoms with E-state index in [1.54, 1.807) is 7.11 Å². The number of nitrogens with one attached hydrogen (secondary N) is 4. The quantitative estimate of drug-likeness (QED) is 0.518. The summed E-state index contributed by atoms with van der Waals surface area (Å²) < 4.78 is 5.22. The van der Waals surface area contributed by atoms with Crippen LogP contribution in [0.5, 0.6) is 5.75 Å². The molecule has 2 fully saturated rings. The molecule has 4 N–H and O–H groups in total. The first-order valence-electron chi connectivity index (χ1n) is 11.0. The summed E-state index contributed by atoms with van der Waals surface area (Å²) in [4.78, 5) is 27.4. The van der Waals surface area contributed by atoms with Gasteiger partial charge in [-0.3, -0.25) is 10.1 Å². The second-order valence-corrected chi connectivity index (χ2v) is 8.45. The molecular weight excluding hydrogens is 368 g/mol. The molecule has 2 aliphatic rings. The molecule has 1 saturated heterocycles. The molecule has 7 heteroatoms. The lowest BCUT2D eigenvalue weighted by atomic mass is 9.96. The minimum atomic E-state index is -0.336. The van der Waals surface area contributed by atoms with Crippen LogP contribution in [0.25, 0.3) is 0 Å². The Morgan fingerprint density at radius 3 is 2.34 bits per heavy atom. The van der Waals surface area contributed by atoms with Gasteiger partial charge >= 0.3 is 6.03 Å². The summed E-state index contributed by atoms with van der Waals surface area (Å²) in [7, 11) is 1.68. The fourth-order valence-corrected chi connectivity index (χ4v) is 4.44. The summed E-state index contributed by atoms with van der Waals surface area (Å²) >= 11 is 0. The van der Waals surface area contributed by atoms with Crippen molar-refractivity contribution < 1.29 is 24.1 Å². The molecule has 7 nitrogen and oxygen atoms in total. The van der Waals surface area contributed by atoms with Crippen LogP contribution in [0.3, 0.4) is 0 Å². The highest BCUT2D eigenvalue weighted by molar-refractivity contribution is 5.96. The lowest BCUT2D eigenvalue weighted by molar-refractivity contribution is -1.02. The largest absolute Gasteiger partial charge is 0.497 e. The maximum Gasteiger partial charge on any atom is 0.321 e. The Morgan fingerprint density at radius 1 is 1.07 bits per heavy atom. The second-order valence-electron chi connectivity index (χ2n) is 8.45. The van der Waals surface area contributed by atoms with Gasteiger partial charge in [0.05, 0.1) is 7.11 Å². The van der Waals surface area contributed by atoms with E-state index in [-0.39, 0.29) is 24.0 Å². The summed E-state index contributed by atoms with van der Waals surface area (Å²) in [6.45, 7) is 6.82. The first kappa shape index (κ1) is 21.6. The van der Waals surface area contributed by atoms with Crippen molar-refractivity contribution in [2.24, 2.45) is 0 Å². The number of hydrogen-bond donors (Lipinski definition) is 4. The number of rotatable bonds is 6. The standard InChI is InChI=1S/C22H34N4O3/c1-17(21(27)24-22(28)23-19-6-4-3-5-7-19)26-14-12-25(13-15-26)16-18-8-10-20(29-2)11-9-18/h8-11,17,19H,3-7,12-16H2,1-2H3,(H2,23,24,27,28)/p+2/t17-/m1/s1. The Kier molecular flexibility index (Phi) is 7.89. The van der Waals surface area contributed by atoms with Crippen LogP contribution in [-0.4, -0.2) is 57.3 Å². The highest BCUT2D eigenvalue weighted by Gasteiger charge is 2.32. The fraction of sp³-hybridized carbons (Fsp3) is 0.636. The lowest BCUT2D eigenvalue weighted by Gasteiger charge is -2.32. The van der Waals surface area contributed by atoms with Crippen LogP contribution in [0.2, 0.25) is 0 Å². The van der Waals surface area contributed by atoms with Crippen molar-refractivity contribution in [1.29, 1.82) is 0 Å². The molecule has 29 heavy (non-hydrogen) atoms. The number of ether oxygens (including phenoxy) is 1. The van der Waals surface area contributed by atoms with Gasteiger partial charge in [0.1, 0.15) is 38.5 Å². The maximum atomic E-state index is 12.5. The molecule has 1 aromatic carbocycles. The summed E-state index contributed by atoms with van der Waals surface area (Å²) in [5.74, 6) is 0.706. The third-order valence-electron chi connectivity index (χ3n) is 6.40. The molecule has 1 aliphatic heterocycles. The number of benzene rings is 1. The predicted octanol–water partition coefficient (Wildman–Crippen LogP) is -0.474. The van der Waals surface area contributed by atoms with Crippen molar-refractivity contribution in [2.75, 3.05) is 33.3 Å². The van der Waals surface area contributed by atoms with Crippen molar-refractivity contribution in [3.63, 3.8) is 0 Å². The summed E-state index contributed by atoms with van der Waals surface area (Å²) in [6.07, 6.45) is 5.58. The van der Waals surface area contributed by atoms with Crippen molar-refractivity contribution in [1.82, 2.24) is 10.6 Å². The van der Waals surface area contributed by atoms with Gasteiger partial charge in [-0.1, -0.05) is 19.3 Å². The zero-order valence-corrected chi connectivity index (χ0v) is 17.8. The van der Waals surface area contributed by atoms with Gasteiger partial charge in [-0.2, -0.15) is 0 Å². The number of urea groups is 1. The number of imide groups is 1. The van der Waals surface area contributed by atoms with E-state index >= 15 is 0 Å². The summed E-state index contributed by atoms with van der Waals surface area (Å²) in [5.41, 5.74) is 1.30. The second kappa shape index (κ2) is 10.6. The fourth-order valence-electron chi connectivity index (χ4n) is 4.44. The van der Waals surface area contributed by atoms with Gasteiger partial charge in [-0.05, 0) is 44.0 Å². The molecule has 1 aromatic rings. The van der Waals surface area contributed by atoms with Crippen LogP contribution in [-0.2, 0) is 11.3 Å². The molecule has 0 spiro atoms. The van der Waals surface area contributed by atoms with E-state index in [1.165, 1.54) is 21.8 Å². The van der Waals surface area contributed by atoms with Crippen LogP contribution in [0.4, 0.5) is 4.79 Å². The molecule has 0 aromatic heterocycles. The molecule has 0 unspecified atom stereocenters. The third-order valence-corrected chi connectivity index (χ3v) is 6.40. The molecule has 160 valence electrons. The molecule has 0 bridgehead atoms. The number of carbonyl (C=O) groups excluding carboxylic acids is 2. The van der Waals surface area contributed by atoms with Crippen LogP contribution in [0.1, 0.15) is 44.6 Å². The average Bonchev–Trinajstić information content (AvgIpc) is 2.75. The molecule has 0 radical (unpaired) electrons. The van der Waals surface area contributed by atoms with E-state index in [1.807, 2.05) is 19.1 Å². The monoisotopic (exact) mass is 404 g/mol. The van der Waals surface area contributed by atoms with E-state index in [2.05, 4.69) is 22.8 Å². The van der Waals surface area contributed by atoms with Gasteiger partial charge in [0.15, 0.2) is 6.04 Å². The number of amides is 3. The van der Waals surface area contributed by atoms with Crippen molar-refractivity contribution in [3.05, 3.63) is 29.8 Å². The Labute approximate surface area is 173 Å². The van der Waals surface area contributed by atoms with E-state index in [0.717, 1.165) is 64.2 Å². The highest BCUT2D eigenvalue weighted by Crippen LogP contribution is 2.17. The number of methoxy groups -OCH3 is 1. The lowest BCUT2D eigenvalue weighted by Crippen LogP contribution is -3.29. The normalized spacial score (nSPS) is 23.8. The van der Waals surface area contributed by atoms with Gasteiger partial charge in [-0.25, -0.2) is 4.79 Å². The minimum Gasteiger partial charge on any atom is -0.497 e. The number of hydrogen-bond acceptors (Lipinski definition) is 3. The molecule has 1 aliphatic carbocycles. The molecule has 3 rings (SSSR count). The zero-order chi connectivity index (χ0) is 20.6. The topological polar surface area (TPSA) is 76.3 Å². The van der Waals surface area contributed by atoms with Gasteiger partial charge in [-0.15, -0.1) is 0 Å². The first-order valence-corrected chi connectivity index (χ1v) is 11.0. The van der Waals surface area contributed by atoms with Gasteiger partial charge < -0.3 is 19.9 Å². The molecular formula is C22H36N4O3+2. The molecule has 1 atom stereocenters. The van der Waals surface area contributed by atoms with E-state index in [0.29, 0.717) is 0 Å². The van der Waals surface area contributed by atoms with Crippen molar-refractivity contribution >= 4 is 11.9 Å². The third kappa shape index (κ3) is 6.44. The van der Waals surface area contributed by atoms with Gasteiger partial charge in [0.2, 0.25) is 0 Å². The zero-order valence-electron chi connectivity index (χ0n) is 17.8. The van der Waals surface area contributed by atoms with Crippen LogP contribution < -0.4 is 25.2 Å².